The molecule has 0 aliphatic rings. The van der Waals surface area contributed by atoms with Crippen LogP contribution in [0.4, 0.5) is 0 Å². The van der Waals surface area contributed by atoms with Gasteiger partial charge in [0.05, 0.1) is 0 Å². The largest absolute Gasteiger partial charge is 0.492 e. The van der Waals surface area contributed by atoms with Gasteiger partial charge >= 0.3 is 0 Å². The molecular formula is C13H16N2O. The van der Waals surface area contributed by atoms with Gasteiger partial charge in [-0.2, -0.15) is 0 Å². The van der Waals surface area contributed by atoms with Crippen molar-refractivity contribution in [3.8, 4) is 5.75 Å². The Bertz CT molecular complexity index is 384. The lowest BCUT2D eigenvalue weighted by Crippen LogP contribution is -2.20. The Hall–Kier alpha value is -1.74. The number of hydrogen-bond acceptors (Lipinski definition) is 2. The number of para-hydroxylation sites is 1. The molecule has 0 fully saturated rings. The van der Waals surface area contributed by atoms with Crippen molar-refractivity contribution < 1.29 is 4.74 Å². The van der Waals surface area contributed by atoms with Crippen molar-refractivity contribution >= 4 is 0 Å². The maximum atomic E-state index is 5.55. The molecule has 84 valence electrons. The van der Waals surface area contributed by atoms with Gasteiger partial charge in [0, 0.05) is 25.0 Å². The van der Waals surface area contributed by atoms with Crippen LogP contribution in [0, 0.1) is 0 Å². The van der Waals surface area contributed by atoms with E-state index in [2.05, 4.69) is 16.4 Å². The Labute approximate surface area is 95.5 Å². The van der Waals surface area contributed by atoms with Crippen LogP contribution >= 0.6 is 0 Å². The SMILES string of the molecule is c1ccc(OCCNCc2ccc[nH]2)cc1. The first-order valence-corrected chi connectivity index (χ1v) is 5.46. The molecule has 0 saturated heterocycles. The first-order chi connectivity index (χ1) is 7.95. The van der Waals surface area contributed by atoms with Crippen LogP contribution in [0.15, 0.2) is 48.7 Å². The molecule has 0 bridgehead atoms. The number of aromatic nitrogens is 1. The highest BCUT2D eigenvalue weighted by atomic mass is 16.5. The molecule has 16 heavy (non-hydrogen) atoms. The summed E-state index contributed by atoms with van der Waals surface area (Å²) in [6.07, 6.45) is 1.93. The third-order valence-corrected chi connectivity index (χ3v) is 2.27. The number of nitrogens with one attached hydrogen (secondary N) is 2. The fourth-order valence-corrected chi connectivity index (χ4v) is 1.46. The van der Waals surface area contributed by atoms with Crippen LogP contribution in [-0.4, -0.2) is 18.1 Å². The van der Waals surface area contributed by atoms with E-state index in [-0.39, 0.29) is 0 Å². The molecule has 1 aromatic heterocycles. The fourth-order valence-electron chi connectivity index (χ4n) is 1.46. The van der Waals surface area contributed by atoms with Gasteiger partial charge in [0.15, 0.2) is 0 Å². The molecule has 2 rings (SSSR count). The molecule has 0 saturated carbocycles. The first kappa shape index (κ1) is 10.8. The summed E-state index contributed by atoms with van der Waals surface area (Å²) in [5.74, 6) is 0.921. The second kappa shape index (κ2) is 5.98. The van der Waals surface area contributed by atoms with E-state index in [1.54, 1.807) is 0 Å². The average Bonchev–Trinajstić information content (AvgIpc) is 2.83. The quantitative estimate of drug-likeness (QED) is 0.726. The van der Waals surface area contributed by atoms with Crippen molar-refractivity contribution in [2.24, 2.45) is 0 Å². The number of benzene rings is 1. The number of rotatable bonds is 6. The predicted octanol–water partition coefficient (Wildman–Crippen LogP) is 2.18. The highest BCUT2D eigenvalue weighted by Crippen LogP contribution is 2.07. The van der Waals surface area contributed by atoms with Crippen LogP contribution in [0.3, 0.4) is 0 Å². The summed E-state index contributed by atoms with van der Waals surface area (Å²) in [6.45, 7) is 2.38. The van der Waals surface area contributed by atoms with Gasteiger partial charge < -0.3 is 15.0 Å². The smallest absolute Gasteiger partial charge is 0.119 e. The lowest BCUT2D eigenvalue weighted by atomic mass is 10.3. The predicted molar refractivity (Wildman–Crippen MR) is 64.4 cm³/mol. The molecule has 2 aromatic rings. The fraction of sp³-hybridized carbons (Fsp3) is 0.231. The van der Waals surface area contributed by atoms with Crippen LogP contribution in [-0.2, 0) is 6.54 Å². The molecular weight excluding hydrogens is 200 g/mol. The Morgan fingerprint density at radius 1 is 1.06 bits per heavy atom. The number of hydrogen-bond donors (Lipinski definition) is 2. The molecule has 0 aliphatic carbocycles. The van der Waals surface area contributed by atoms with E-state index in [1.165, 1.54) is 5.69 Å². The molecule has 3 heteroatoms. The summed E-state index contributed by atoms with van der Waals surface area (Å²) in [6, 6.07) is 13.9. The van der Waals surface area contributed by atoms with E-state index in [9.17, 15) is 0 Å². The molecule has 2 N–H and O–H groups in total. The minimum Gasteiger partial charge on any atom is -0.492 e. The molecule has 0 atom stereocenters. The summed E-state index contributed by atoms with van der Waals surface area (Å²) < 4.78 is 5.55. The third-order valence-electron chi connectivity index (χ3n) is 2.27. The molecule has 0 spiro atoms. The van der Waals surface area contributed by atoms with Crippen LogP contribution in [0.25, 0.3) is 0 Å². The van der Waals surface area contributed by atoms with Crippen molar-refractivity contribution in [3.63, 3.8) is 0 Å². The minimum absolute atomic E-state index is 0.685. The maximum absolute atomic E-state index is 5.55. The maximum Gasteiger partial charge on any atom is 0.119 e. The Morgan fingerprint density at radius 2 is 1.94 bits per heavy atom. The van der Waals surface area contributed by atoms with E-state index in [1.807, 2.05) is 42.6 Å². The summed E-state index contributed by atoms with van der Waals surface area (Å²) >= 11 is 0. The molecule has 1 aromatic carbocycles. The summed E-state index contributed by atoms with van der Waals surface area (Å²) in [5.41, 5.74) is 1.19. The van der Waals surface area contributed by atoms with Crippen molar-refractivity contribution in [2.75, 3.05) is 13.2 Å². The number of H-pyrrole nitrogens is 1. The minimum atomic E-state index is 0.685. The molecule has 0 radical (unpaired) electrons. The third kappa shape index (κ3) is 3.44. The average molecular weight is 216 g/mol. The zero-order valence-corrected chi connectivity index (χ0v) is 9.15. The van der Waals surface area contributed by atoms with Gasteiger partial charge in [0.1, 0.15) is 12.4 Å². The zero-order valence-electron chi connectivity index (χ0n) is 9.15. The van der Waals surface area contributed by atoms with E-state index in [0.29, 0.717) is 6.61 Å². The van der Waals surface area contributed by atoms with Crippen molar-refractivity contribution in [1.29, 1.82) is 0 Å². The second-order valence-electron chi connectivity index (χ2n) is 3.53. The highest BCUT2D eigenvalue weighted by Gasteiger charge is 1.93. The van der Waals surface area contributed by atoms with Crippen LogP contribution in [0.5, 0.6) is 5.75 Å². The van der Waals surface area contributed by atoms with Gasteiger partial charge in [-0.05, 0) is 24.3 Å². The van der Waals surface area contributed by atoms with Crippen molar-refractivity contribution in [2.45, 2.75) is 6.54 Å². The molecule has 0 amide bonds. The van der Waals surface area contributed by atoms with Crippen molar-refractivity contribution in [3.05, 3.63) is 54.4 Å². The number of aromatic amines is 1. The molecule has 3 nitrogen and oxygen atoms in total. The Kier molecular flexibility index (Phi) is 4.02. The van der Waals surface area contributed by atoms with Gasteiger partial charge in [-0.1, -0.05) is 18.2 Å². The highest BCUT2D eigenvalue weighted by molar-refractivity contribution is 5.20. The Balaban J connectivity index is 1.59. The van der Waals surface area contributed by atoms with Gasteiger partial charge in [0.25, 0.3) is 0 Å². The van der Waals surface area contributed by atoms with Gasteiger partial charge in [-0.3, -0.25) is 0 Å². The van der Waals surface area contributed by atoms with E-state index >= 15 is 0 Å². The van der Waals surface area contributed by atoms with Crippen LogP contribution in [0.1, 0.15) is 5.69 Å². The van der Waals surface area contributed by atoms with Gasteiger partial charge in [-0.15, -0.1) is 0 Å². The van der Waals surface area contributed by atoms with Crippen LogP contribution in [0.2, 0.25) is 0 Å². The molecule has 0 aliphatic heterocycles. The van der Waals surface area contributed by atoms with E-state index < -0.39 is 0 Å². The second-order valence-corrected chi connectivity index (χ2v) is 3.53. The summed E-state index contributed by atoms with van der Waals surface area (Å²) in [4.78, 5) is 3.14. The lowest BCUT2D eigenvalue weighted by molar-refractivity contribution is 0.313. The standard InChI is InChI=1S/C13H16N2O/c1-2-6-13(7-3-1)16-10-9-14-11-12-5-4-8-15-12/h1-8,14-15H,9-11H2. The monoisotopic (exact) mass is 216 g/mol. The van der Waals surface area contributed by atoms with Crippen LogP contribution < -0.4 is 10.1 Å². The van der Waals surface area contributed by atoms with E-state index in [4.69, 9.17) is 4.74 Å². The number of ether oxygens (including phenoxy) is 1. The molecule has 1 heterocycles. The summed E-state index contributed by atoms with van der Waals surface area (Å²) in [5, 5.41) is 3.30. The van der Waals surface area contributed by atoms with Crippen molar-refractivity contribution in [1.82, 2.24) is 10.3 Å². The zero-order chi connectivity index (χ0) is 11.1. The topological polar surface area (TPSA) is 37.0 Å². The van der Waals surface area contributed by atoms with Gasteiger partial charge in [0.2, 0.25) is 0 Å². The molecule has 0 unspecified atom stereocenters. The van der Waals surface area contributed by atoms with Gasteiger partial charge in [-0.25, -0.2) is 0 Å². The Morgan fingerprint density at radius 3 is 2.69 bits per heavy atom. The first-order valence-electron chi connectivity index (χ1n) is 5.46. The normalized spacial score (nSPS) is 10.2. The summed E-state index contributed by atoms with van der Waals surface area (Å²) in [7, 11) is 0. The van der Waals surface area contributed by atoms with E-state index in [0.717, 1.165) is 18.8 Å². The lowest BCUT2D eigenvalue weighted by Gasteiger charge is -2.06.